The molecule has 2 N–H and O–H groups in total. The van der Waals surface area contributed by atoms with Crippen LogP contribution in [0.15, 0.2) is 33.3 Å². The van der Waals surface area contributed by atoms with Gasteiger partial charge in [-0.25, -0.2) is 0 Å². The van der Waals surface area contributed by atoms with Crippen LogP contribution >= 0.6 is 15.9 Å². The largest absolute Gasteiger partial charge is 0.376 e. The summed E-state index contributed by atoms with van der Waals surface area (Å²) in [7, 11) is 0. The van der Waals surface area contributed by atoms with Gasteiger partial charge in [-0.2, -0.15) is 4.98 Å². The van der Waals surface area contributed by atoms with Gasteiger partial charge in [0, 0.05) is 4.47 Å². The topological polar surface area (TPSA) is 74.2 Å². The molecular formula is C15H18BrN3O2. The van der Waals surface area contributed by atoms with E-state index in [1.165, 1.54) is 6.42 Å². The Morgan fingerprint density at radius 3 is 2.86 bits per heavy atom. The predicted molar refractivity (Wildman–Crippen MR) is 82.6 cm³/mol. The quantitative estimate of drug-likeness (QED) is 0.894. The molecule has 1 fully saturated rings. The molecule has 1 aliphatic carbocycles. The zero-order valence-electron chi connectivity index (χ0n) is 11.9. The van der Waals surface area contributed by atoms with Crippen LogP contribution in [0.1, 0.15) is 32.0 Å². The predicted octanol–water partition coefficient (Wildman–Crippen LogP) is 3.24. The van der Waals surface area contributed by atoms with Crippen LogP contribution < -0.4 is 5.73 Å². The molecule has 6 heteroatoms. The normalized spacial score (nSPS) is 18.2. The van der Waals surface area contributed by atoms with Crippen molar-refractivity contribution in [3.8, 4) is 11.5 Å². The highest BCUT2D eigenvalue weighted by Gasteiger charge is 2.31. The first-order valence-corrected chi connectivity index (χ1v) is 7.85. The number of rotatable bonds is 5. The molecule has 0 spiro atoms. The maximum absolute atomic E-state index is 6.27. The first-order valence-electron chi connectivity index (χ1n) is 7.06. The number of hydrogen-bond donors (Lipinski definition) is 1. The molecule has 0 radical (unpaired) electrons. The first kappa shape index (κ1) is 14.7. The zero-order chi connectivity index (χ0) is 14.9. The third-order valence-corrected chi connectivity index (χ3v) is 4.40. The second-order valence-corrected chi connectivity index (χ2v) is 6.54. The smallest absolute Gasteiger partial charge is 0.259 e. The molecular weight excluding hydrogens is 334 g/mol. The molecule has 0 bridgehead atoms. The SMILES string of the molecule is CC(N)(COC1CCC1)c1noc(-c2ccccc2Br)n1. The molecule has 21 heavy (non-hydrogen) atoms. The maximum Gasteiger partial charge on any atom is 0.259 e. The van der Waals surface area contributed by atoms with E-state index >= 15 is 0 Å². The van der Waals surface area contributed by atoms with Gasteiger partial charge >= 0.3 is 0 Å². The molecule has 3 rings (SSSR count). The van der Waals surface area contributed by atoms with Crippen molar-refractivity contribution in [3.05, 3.63) is 34.6 Å². The van der Waals surface area contributed by atoms with Crippen LogP contribution in [0.2, 0.25) is 0 Å². The Hall–Kier alpha value is -1.24. The van der Waals surface area contributed by atoms with Crippen molar-refractivity contribution < 1.29 is 9.26 Å². The van der Waals surface area contributed by atoms with Crippen LogP contribution in [-0.2, 0) is 10.3 Å². The molecule has 1 aliphatic rings. The summed E-state index contributed by atoms with van der Waals surface area (Å²) in [5.74, 6) is 0.922. The van der Waals surface area contributed by atoms with Crippen LogP contribution in [0.4, 0.5) is 0 Å². The minimum Gasteiger partial charge on any atom is -0.376 e. The Labute approximate surface area is 132 Å². The van der Waals surface area contributed by atoms with Crippen molar-refractivity contribution in [2.24, 2.45) is 5.73 Å². The summed E-state index contributed by atoms with van der Waals surface area (Å²) in [6.45, 7) is 2.26. The molecule has 2 aromatic rings. The highest BCUT2D eigenvalue weighted by atomic mass is 79.9. The molecule has 1 unspecified atom stereocenters. The van der Waals surface area contributed by atoms with E-state index < -0.39 is 5.54 Å². The highest BCUT2D eigenvalue weighted by molar-refractivity contribution is 9.10. The Balaban J connectivity index is 1.75. The number of halogens is 1. The van der Waals surface area contributed by atoms with Gasteiger partial charge in [0.25, 0.3) is 5.89 Å². The van der Waals surface area contributed by atoms with Gasteiger partial charge in [-0.15, -0.1) is 0 Å². The van der Waals surface area contributed by atoms with Gasteiger partial charge < -0.3 is 15.0 Å². The van der Waals surface area contributed by atoms with Gasteiger partial charge in [0.2, 0.25) is 0 Å². The molecule has 1 saturated carbocycles. The van der Waals surface area contributed by atoms with Gasteiger partial charge in [-0.3, -0.25) is 0 Å². The average Bonchev–Trinajstić information content (AvgIpc) is 2.87. The number of benzene rings is 1. The van der Waals surface area contributed by atoms with Gasteiger partial charge in [-0.05, 0) is 54.2 Å². The summed E-state index contributed by atoms with van der Waals surface area (Å²) in [4.78, 5) is 4.42. The summed E-state index contributed by atoms with van der Waals surface area (Å²) in [6.07, 6.45) is 3.80. The molecule has 1 aromatic carbocycles. The van der Waals surface area contributed by atoms with E-state index in [0.717, 1.165) is 22.9 Å². The number of ether oxygens (including phenoxy) is 1. The lowest BCUT2D eigenvalue weighted by molar-refractivity contribution is -0.0222. The summed E-state index contributed by atoms with van der Waals surface area (Å²) in [6, 6.07) is 7.70. The van der Waals surface area contributed by atoms with Crippen molar-refractivity contribution in [1.29, 1.82) is 0 Å². The fourth-order valence-electron chi connectivity index (χ4n) is 2.09. The lowest BCUT2D eigenvalue weighted by Gasteiger charge is -2.29. The Morgan fingerprint density at radius 2 is 2.19 bits per heavy atom. The van der Waals surface area contributed by atoms with Crippen molar-refractivity contribution >= 4 is 15.9 Å². The van der Waals surface area contributed by atoms with Gasteiger partial charge in [0.1, 0.15) is 5.54 Å². The van der Waals surface area contributed by atoms with Crippen LogP contribution in [0.3, 0.4) is 0 Å². The van der Waals surface area contributed by atoms with E-state index in [4.69, 9.17) is 15.0 Å². The third kappa shape index (κ3) is 3.17. The van der Waals surface area contributed by atoms with Crippen LogP contribution in [0.25, 0.3) is 11.5 Å². The molecule has 1 heterocycles. The van der Waals surface area contributed by atoms with Gasteiger partial charge in [0.05, 0.1) is 18.3 Å². The highest BCUT2D eigenvalue weighted by Crippen LogP contribution is 2.29. The monoisotopic (exact) mass is 351 g/mol. The van der Waals surface area contributed by atoms with Crippen LogP contribution in [0, 0.1) is 0 Å². The zero-order valence-corrected chi connectivity index (χ0v) is 13.5. The lowest BCUT2D eigenvalue weighted by atomic mass is 9.95. The summed E-state index contributed by atoms with van der Waals surface area (Å²) < 4.78 is 12.0. The Bertz CT molecular complexity index is 623. The summed E-state index contributed by atoms with van der Waals surface area (Å²) in [5.41, 5.74) is 6.38. The number of aromatic nitrogens is 2. The summed E-state index contributed by atoms with van der Waals surface area (Å²) >= 11 is 3.48. The van der Waals surface area contributed by atoms with E-state index in [-0.39, 0.29) is 0 Å². The standard InChI is InChI=1S/C15H18BrN3O2/c1-15(17,9-20-10-5-4-6-10)14-18-13(21-19-14)11-7-2-3-8-12(11)16/h2-3,7-8,10H,4-6,9,17H2,1H3. The average molecular weight is 352 g/mol. The molecule has 0 aliphatic heterocycles. The van der Waals surface area contributed by atoms with E-state index in [0.29, 0.717) is 24.4 Å². The molecule has 1 atom stereocenters. The Morgan fingerprint density at radius 1 is 1.43 bits per heavy atom. The maximum atomic E-state index is 6.27. The minimum absolute atomic E-state index is 0.336. The fraction of sp³-hybridized carbons (Fsp3) is 0.467. The van der Waals surface area contributed by atoms with E-state index in [1.54, 1.807) is 0 Å². The first-order chi connectivity index (χ1) is 10.1. The number of hydrogen-bond acceptors (Lipinski definition) is 5. The third-order valence-electron chi connectivity index (χ3n) is 3.71. The lowest BCUT2D eigenvalue weighted by Crippen LogP contribution is -2.41. The number of nitrogens with two attached hydrogens (primary N) is 1. The molecule has 112 valence electrons. The fourth-order valence-corrected chi connectivity index (χ4v) is 2.55. The minimum atomic E-state index is -0.751. The van der Waals surface area contributed by atoms with Crippen molar-refractivity contribution in [2.75, 3.05) is 6.61 Å². The molecule has 0 amide bonds. The van der Waals surface area contributed by atoms with Crippen LogP contribution in [0.5, 0.6) is 0 Å². The number of nitrogens with zero attached hydrogens (tertiary/aromatic N) is 2. The van der Waals surface area contributed by atoms with E-state index in [2.05, 4.69) is 26.1 Å². The van der Waals surface area contributed by atoms with Gasteiger partial charge in [-0.1, -0.05) is 17.3 Å². The van der Waals surface area contributed by atoms with Gasteiger partial charge in [0.15, 0.2) is 5.82 Å². The van der Waals surface area contributed by atoms with Crippen LogP contribution in [-0.4, -0.2) is 22.9 Å². The Kier molecular flexibility index (Phi) is 4.10. The van der Waals surface area contributed by atoms with E-state index in [9.17, 15) is 0 Å². The molecule has 1 aromatic heterocycles. The van der Waals surface area contributed by atoms with Crippen molar-refractivity contribution in [3.63, 3.8) is 0 Å². The second-order valence-electron chi connectivity index (χ2n) is 5.68. The van der Waals surface area contributed by atoms with Crippen molar-refractivity contribution in [1.82, 2.24) is 10.1 Å². The molecule has 5 nitrogen and oxygen atoms in total. The summed E-state index contributed by atoms with van der Waals surface area (Å²) in [5, 5.41) is 4.02. The molecule has 0 saturated heterocycles. The second kappa shape index (κ2) is 5.87. The van der Waals surface area contributed by atoms with E-state index in [1.807, 2.05) is 31.2 Å². The van der Waals surface area contributed by atoms with Crippen molar-refractivity contribution in [2.45, 2.75) is 37.8 Å².